The molecule has 0 saturated carbocycles. The molecule has 2 aromatic heterocycles. The van der Waals surface area contributed by atoms with Gasteiger partial charge < -0.3 is 9.88 Å². The predicted octanol–water partition coefficient (Wildman–Crippen LogP) is 2.91. The molecule has 102 valence electrons. The number of nitrogens with zero attached hydrogens (tertiary/aromatic N) is 2. The number of nitrogens with one attached hydrogen (secondary N) is 1. The molecule has 0 unspecified atom stereocenters. The molecule has 0 aliphatic carbocycles. The van der Waals surface area contributed by atoms with Crippen LogP contribution < -0.4 is 5.32 Å². The second-order valence-corrected chi connectivity index (χ2v) is 5.06. The van der Waals surface area contributed by atoms with E-state index >= 15 is 0 Å². The van der Waals surface area contributed by atoms with E-state index in [1.165, 1.54) is 22.0 Å². The smallest absolute Gasteiger partial charge is 0.0481 e. The third-order valence-corrected chi connectivity index (χ3v) is 3.63. The maximum absolute atomic E-state index is 4.03. The fourth-order valence-electron chi connectivity index (χ4n) is 2.57. The first kappa shape index (κ1) is 12.9. The summed E-state index contributed by atoms with van der Waals surface area (Å²) in [6.07, 6.45) is 6.94. The molecule has 0 radical (unpaired) electrons. The molecule has 3 heteroatoms. The SMILES string of the molecule is Cn1cc(CNCCc2ccncc2)c2ccccc21. The maximum Gasteiger partial charge on any atom is 0.0481 e. The van der Waals surface area contributed by atoms with Crippen molar-refractivity contribution in [1.29, 1.82) is 0 Å². The molecule has 0 bridgehead atoms. The lowest BCUT2D eigenvalue weighted by molar-refractivity contribution is 0.687. The van der Waals surface area contributed by atoms with Gasteiger partial charge in [0.2, 0.25) is 0 Å². The molecule has 0 aliphatic heterocycles. The molecule has 1 N–H and O–H groups in total. The molecule has 3 aromatic rings. The van der Waals surface area contributed by atoms with Gasteiger partial charge in [0.15, 0.2) is 0 Å². The van der Waals surface area contributed by atoms with Gasteiger partial charge in [-0.3, -0.25) is 4.98 Å². The van der Waals surface area contributed by atoms with Gasteiger partial charge in [-0.25, -0.2) is 0 Å². The predicted molar refractivity (Wildman–Crippen MR) is 82.6 cm³/mol. The van der Waals surface area contributed by atoms with Gasteiger partial charge in [0.1, 0.15) is 0 Å². The van der Waals surface area contributed by atoms with Crippen LogP contribution >= 0.6 is 0 Å². The first-order valence-electron chi connectivity index (χ1n) is 6.97. The summed E-state index contributed by atoms with van der Waals surface area (Å²) in [5, 5.41) is 4.86. The maximum atomic E-state index is 4.03. The highest BCUT2D eigenvalue weighted by Gasteiger charge is 2.04. The standard InChI is InChI=1S/C17H19N3/c1-20-13-15(16-4-2-3-5-17(16)20)12-19-11-8-14-6-9-18-10-7-14/h2-7,9-10,13,19H,8,11-12H2,1H3. The van der Waals surface area contributed by atoms with E-state index in [0.29, 0.717) is 0 Å². The lowest BCUT2D eigenvalue weighted by atomic mass is 10.1. The van der Waals surface area contributed by atoms with Crippen LogP contribution in [0, 0.1) is 0 Å². The van der Waals surface area contributed by atoms with Crippen molar-refractivity contribution in [2.24, 2.45) is 7.05 Å². The Kier molecular flexibility index (Phi) is 3.79. The van der Waals surface area contributed by atoms with Crippen molar-refractivity contribution in [3.63, 3.8) is 0 Å². The first-order valence-corrected chi connectivity index (χ1v) is 6.97. The fraction of sp³-hybridized carbons (Fsp3) is 0.235. The molecule has 0 atom stereocenters. The monoisotopic (exact) mass is 265 g/mol. The van der Waals surface area contributed by atoms with E-state index in [1.807, 2.05) is 12.4 Å². The van der Waals surface area contributed by atoms with Crippen molar-refractivity contribution in [2.45, 2.75) is 13.0 Å². The summed E-state index contributed by atoms with van der Waals surface area (Å²) in [5.41, 5.74) is 3.97. The highest BCUT2D eigenvalue weighted by Crippen LogP contribution is 2.19. The van der Waals surface area contributed by atoms with Crippen molar-refractivity contribution in [3.8, 4) is 0 Å². The highest BCUT2D eigenvalue weighted by molar-refractivity contribution is 5.83. The largest absolute Gasteiger partial charge is 0.350 e. The number of benzene rings is 1. The second kappa shape index (κ2) is 5.88. The van der Waals surface area contributed by atoms with Crippen LogP contribution in [-0.4, -0.2) is 16.1 Å². The van der Waals surface area contributed by atoms with Gasteiger partial charge in [0.05, 0.1) is 0 Å². The Morgan fingerprint density at radius 3 is 2.75 bits per heavy atom. The van der Waals surface area contributed by atoms with Crippen molar-refractivity contribution >= 4 is 10.9 Å². The van der Waals surface area contributed by atoms with Crippen LogP contribution in [0.15, 0.2) is 55.0 Å². The third-order valence-electron chi connectivity index (χ3n) is 3.63. The Hall–Kier alpha value is -2.13. The summed E-state index contributed by atoms with van der Waals surface area (Å²) < 4.78 is 2.19. The number of aromatic nitrogens is 2. The number of hydrogen-bond acceptors (Lipinski definition) is 2. The fourth-order valence-corrected chi connectivity index (χ4v) is 2.57. The van der Waals surface area contributed by atoms with Crippen LogP contribution in [-0.2, 0) is 20.0 Å². The minimum atomic E-state index is 0.909. The Labute approximate surface area is 119 Å². The molecule has 0 spiro atoms. The molecular weight excluding hydrogens is 246 g/mol. The zero-order chi connectivity index (χ0) is 13.8. The van der Waals surface area contributed by atoms with E-state index in [9.17, 15) is 0 Å². The van der Waals surface area contributed by atoms with Crippen molar-refractivity contribution in [3.05, 3.63) is 66.1 Å². The summed E-state index contributed by atoms with van der Waals surface area (Å²) in [4.78, 5) is 4.03. The van der Waals surface area contributed by atoms with Crippen LogP contribution in [0.1, 0.15) is 11.1 Å². The number of aryl methyl sites for hydroxylation is 1. The quantitative estimate of drug-likeness (QED) is 0.719. The van der Waals surface area contributed by atoms with Gasteiger partial charge in [-0.05, 0) is 42.3 Å². The summed E-state index contributed by atoms with van der Waals surface area (Å²) in [6.45, 7) is 1.89. The van der Waals surface area contributed by atoms with Gasteiger partial charge in [-0.15, -0.1) is 0 Å². The molecule has 20 heavy (non-hydrogen) atoms. The Morgan fingerprint density at radius 2 is 1.90 bits per heavy atom. The van der Waals surface area contributed by atoms with E-state index in [0.717, 1.165) is 19.5 Å². The molecule has 0 amide bonds. The van der Waals surface area contributed by atoms with Crippen molar-refractivity contribution < 1.29 is 0 Å². The molecule has 0 saturated heterocycles. The van der Waals surface area contributed by atoms with Gasteiger partial charge >= 0.3 is 0 Å². The lowest BCUT2D eigenvalue weighted by Crippen LogP contribution is -2.16. The molecule has 2 heterocycles. The zero-order valence-electron chi connectivity index (χ0n) is 11.7. The van der Waals surface area contributed by atoms with Crippen LogP contribution in [0.3, 0.4) is 0 Å². The zero-order valence-corrected chi connectivity index (χ0v) is 11.7. The summed E-state index contributed by atoms with van der Waals surface area (Å²) in [7, 11) is 2.10. The first-order chi connectivity index (χ1) is 9.84. The van der Waals surface area contributed by atoms with Gasteiger partial charge in [0, 0.05) is 43.1 Å². The summed E-state index contributed by atoms with van der Waals surface area (Å²) >= 11 is 0. The van der Waals surface area contributed by atoms with Gasteiger partial charge in [-0.2, -0.15) is 0 Å². The molecule has 1 aromatic carbocycles. The average molecular weight is 265 g/mol. The van der Waals surface area contributed by atoms with Crippen molar-refractivity contribution in [1.82, 2.24) is 14.9 Å². The van der Waals surface area contributed by atoms with E-state index in [4.69, 9.17) is 0 Å². The van der Waals surface area contributed by atoms with E-state index in [2.05, 4.69) is 64.5 Å². The third kappa shape index (κ3) is 2.73. The average Bonchev–Trinajstić information content (AvgIpc) is 2.82. The van der Waals surface area contributed by atoms with Crippen LogP contribution in [0.5, 0.6) is 0 Å². The summed E-state index contributed by atoms with van der Waals surface area (Å²) in [5.74, 6) is 0. The van der Waals surface area contributed by atoms with Gasteiger partial charge in [-0.1, -0.05) is 18.2 Å². The number of para-hydroxylation sites is 1. The van der Waals surface area contributed by atoms with Crippen molar-refractivity contribution in [2.75, 3.05) is 6.54 Å². The number of pyridine rings is 1. The number of fused-ring (bicyclic) bond motifs is 1. The van der Waals surface area contributed by atoms with Crippen LogP contribution in [0.25, 0.3) is 10.9 Å². The normalized spacial score (nSPS) is 11.1. The highest BCUT2D eigenvalue weighted by atomic mass is 14.9. The lowest BCUT2D eigenvalue weighted by Gasteiger charge is -2.04. The minimum absolute atomic E-state index is 0.909. The molecule has 3 rings (SSSR count). The number of hydrogen-bond donors (Lipinski definition) is 1. The minimum Gasteiger partial charge on any atom is -0.350 e. The van der Waals surface area contributed by atoms with Crippen LogP contribution in [0.2, 0.25) is 0 Å². The van der Waals surface area contributed by atoms with E-state index in [-0.39, 0.29) is 0 Å². The Bertz CT molecular complexity index is 686. The Balaban J connectivity index is 1.60. The Morgan fingerprint density at radius 1 is 1.10 bits per heavy atom. The van der Waals surface area contributed by atoms with Crippen LogP contribution in [0.4, 0.5) is 0 Å². The topological polar surface area (TPSA) is 29.9 Å². The summed E-state index contributed by atoms with van der Waals surface area (Å²) in [6, 6.07) is 12.7. The molecule has 0 fully saturated rings. The molecular formula is C17H19N3. The van der Waals surface area contributed by atoms with Gasteiger partial charge in [0.25, 0.3) is 0 Å². The molecule has 0 aliphatic rings. The molecule has 3 nitrogen and oxygen atoms in total. The van der Waals surface area contributed by atoms with E-state index < -0.39 is 0 Å². The van der Waals surface area contributed by atoms with E-state index in [1.54, 1.807) is 0 Å². The number of rotatable bonds is 5. The second-order valence-electron chi connectivity index (χ2n) is 5.06.